The summed E-state index contributed by atoms with van der Waals surface area (Å²) in [5, 5.41) is 9.19. The van der Waals surface area contributed by atoms with E-state index in [2.05, 4.69) is 4.98 Å². The zero-order valence-electron chi connectivity index (χ0n) is 11.6. The van der Waals surface area contributed by atoms with Gasteiger partial charge in [-0.15, -0.1) is 0 Å². The number of aryl methyl sites for hydroxylation is 2. The second-order valence-corrected chi connectivity index (χ2v) is 6.89. The topological polar surface area (TPSA) is 92.5 Å². The Morgan fingerprint density at radius 3 is 2.65 bits per heavy atom. The molecule has 0 amide bonds. The smallest absolute Gasteiger partial charge is 0.322 e. The molecule has 1 saturated heterocycles. The summed E-state index contributed by atoms with van der Waals surface area (Å²) in [5.41, 5.74) is 0. The van der Waals surface area contributed by atoms with Crippen molar-refractivity contribution in [1.82, 2.24) is 13.9 Å². The van der Waals surface area contributed by atoms with E-state index in [1.807, 2.05) is 0 Å². The van der Waals surface area contributed by atoms with Gasteiger partial charge in [0.05, 0.1) is 0 Å². The van der Waals surface area contributed by atoms with Crippen molar-refractivity contribution >= 4 is 16.0 Å². The highest BCUT2D eigenvalue weighted by atomic mass is 32.2. The number of aliphatic carboxylic acids is 1. The van der Waals surface area contributed by atoms with E-state index in [1.165, 1.54) is 6.20 Å². The number of carbonyl (C=O) groups is 1. The molecule has 1 aliphatic rings. The van der Waals surface area contributed by atoms with Crippen molar-refractivity contribution in [3.63, 3.8) is 0 Å². The van der Waals surface area contributed by atoms with E-state index in [1.54, 1.807) is 18.5 Å². The predicted molar refractivity (Wildman–Crippen MR) is 71.7 cm³/mol. The van der Waals surface area contributed by atoms with E-state index >= 15 is 0 Å². The number of aromatic nitrogens is 2. The van der Waals surface area contributed by atoms with Crippen LogP contribution in [0, 0.1) is 6.92 Å². The highest BCUT2D eigenvalue weighted by Gasteiger charge is 2.37. The molecule has 1 aromatic rings. The molecule has 1 aromatic heterocycles. The molecule has 2 rings (SSSR count). The fraction of sp³-hybridized carbons (Fsp3) is 0.667. The summed E-state index contributed by atoms with van der Waals surface area (Å²) in [6, 6.07) is -0.996. The third-order valence-electron chi connectivity index (χ3n) is 3.65. The maximum Gasteiger partial charge on any atom is 0.322 e. The minimum absolute atomic E-state index is 0.0781. The van der Waals surface area contributed by atoms with Crippen LogP contribution in [-0.4, -0.2) is 45.9 Å². The molecule has 0 radical (unpaired) electrons. The molecule has 112 valence electrons. The fourth-order valence-corrected chi connectivity index (χ4v) is 4.07. The molecule has 1 atom stereocenters. The lowest BCUT2D eigenvalue weighted by Gasteiger charge is -2.24. The number of hydrogen-bond donors (Lipinski definition) is 1. The van der Waals surface area contributed by atoms with Gasteiger partial charge >= 0.3 is 5.97 Å². The van der Waals surface area contributed by atoms with Gasteiger partial charge in [-0.05, 0) is 19.8 Å². The van der Waals surface area contributed by atoms with Crippen LogP contribution < -0.4 is 0 Å². The molecule has 1 aliphatic heterocycles. The van der Waals surface area contributed by atoms with Gasteiger partial charge in [0.1, 0.15) is 11.9 Å². The Bertz CT molecular complexity index is 589. The normalized spacial score (nSPS) is 21.6. The molecular formula is C12H19N3O4S. The van der Waals surface area contributed by atoms with Crippen molar-refractivity contribution in [2.45, 2.75) is 43.7 Å². The zero-order chi connectivity index (χ0) is 14.9. The number of sulfonamides is 1. The second-order valence-electron chi connectivity index (χ2n) is 5.06. The molecule has 1 fully saturated rings. The maximum atomic E-state index is 12.6. The molecule has 8 heteroatoms. The summed E-state index contributed by atoms with van der Waals surface area (Å²) in [6.45, 7) is 1.94. The molecule has 20 heavy (non-hydrogen) atoms. The van der Waals surface area contributed by atoms with Crippen molar-refractivity contribution in [2.24, 2.45) is 7.05 Å². The number of hydrogen-bond acceptors (Lipinski definition) is 4. The SMILES string of the molecule is Cc1nc(S(=O)(=O)N2CCCCCC2C(=O)O)cn1C. The van der Waals surface area contributed by atoms with Gasteiger partial charge in [-0.1, -0.05) is 12.8 Å². The zero-order valence-corrected chi connectivity index (χ0v) is 12.4. The Morgan fingerprint density at radius 2 is 2.10 bits per heavy atom. The summed E-state index contributed by atoms with van der Waals surface area (Å²) in [6.07, 6.45) is 4.02. The Hall–Kier alpha value is -1.41. The van der Waals surface area contributed by atoms with Crippen molar-refractivity contribution in [3.05, 3.63) is 12.0 Å². The summed E-state index contributed by atoms with van der Waals surface area (Å²) in [5.74, 6) is -0.520. The quantitative estimate of drug-likeness (QED) is 0.889. The Kier molecular flexibility index (Phi) is 4.14. The first-order chi connectivity index (χ1) is 9.34. The molecule has 1 unspecified atom stereocenters. The van der Waals surface area contributed by atoms with Gasteiger partial charge < -0.3 is 9.67 Å². The molecule has 7 nitrogen and oxygen atoms in total. The van der Waals surface area contributed by atoms with Gasteiger partial charge in [0.15, 0.2) is 5.03 Å². The third-order valence-corrected chi connectivity index (χ3v) is 5.43. The summed E-state index contributed by atoms with van der Waals surface area (Å²) >= 11 is 0. The van der Waals surface area contributed by atoms with Gasteiger partial charge in [0.2, 0.25) is 0 Å². The molecule has 1 N–H and O–H groups in total. The van der Waals surface area contributed by atoms with E-state index in [-0.39, 0.29) is 11.6 Å². The number of carboxylic acids is 1. The van der Waals surface area contributed by atoms with Crippen LogP contribution in [-0.2, 0) is 21.9 Å². The molecule has 0 spiro atoms. The van der Waals surface area contributed by atoms with E-state index in [0.29, 0.717) is 18.7 Å². The van der Waals surface area contributed by atoms with Crippen LogP contribution in [0.1, 0.15) is 31.5 Å². The highest BCUT2D eigenvalue weighted by Crippen LogP contribution is 2.24. The minimum atomic E-state index is -3.86. The molecule has 0 bridgehead atoms. The first-order valence-corrected chi connectivity index (χ1v) is 8.02. The first kappa shape index (κ1) is 15.0. The van der Waals surface area contributed by atoms with Crippen molar-refractivity contribution in [2.75, 3.05) is 6.54 Å². The van der Waals surface area contributed by atoms with Crippen LogP contribution in [0.2, 0.25) is 0 Å². The molecule has 0 aromatic carbocycles. The van der Waals surface area contributed by atoms with Gasteiger partial charge in [-0.25, -0.2) is 13.4 Å². The van der Waals surface area contributed by atoms with Crippen LogP contribution in [0.15, 0.2) is 11.2 Å². The molecule has 0 saturated carbocycles. The highest BCUT2D eigenvalue weighted by molar-refractivity contribution is 7.89. The standard InChI is InChI=1S/C12H19N3O4S/c1-9-13-11(8-14(9)2)20(18,19)15-7-5-3-4-6-10(15)12(16)17/h8,10H,3-7H2,1-2H3,(H,16,17). The Balaban J connectivity index is 2.41. The van der Waals surface area contributed by atoms with Crippen LogP contribution in [0.4, 0.5) is 0 Å². The summed E-state index contributed by atoms with van der Waals surface area (Å²) in [4.78, 5) is 15.4. The van der Waals surface area contributed by atoms with E-state index in [0.717, 1.165) is 17.1 Å². The maximum absolute atomic E-state index is 12.6. The lowest BCUT2D eigenvalue weighted by Crippen LogP contribution is -2.44. The van der Waals surface area contributed by atoms with E-state index < -0.39 is 22.0 Å². The average Bonchev–Trinajstić information content (AvgIpc) is 2.61. The fourth-order valence-electron chi connectivity index (χ4n) is 2.39. The van der Waals surface area contributed by atoms with Gasteiger partial charge in [-0.2, -0.15) is 4.31 Å². The van der Waals surface area contributed by atoms with Crippen LogP contribution in [0.5, 0.6) is 0 Å². The lowest BCUT2D eigenvalue weighted by molar-refractivity contribution is -0.141. The lowest BCUT2D eigenvalue weighted by atomic mass is 10.1. The van der Waals surface area contributed by atoms with Crippen molar-refractivity contribution in [1.29, 1.82) is 0 Å². The van der Waals surface area contributed by atoms with Crippen LogP contribution >= 0.6 is 0 Å². The van der Waals surface area contributed by atoms with Crippen molar-refractivity contribution < 1.29 is 18.3 Å². The third kappa shape index (κ3) is 2.71. The van der Waals surface area contributed by atoms with Gasteiger partial charge in [-0.3, -0.25) is 4.79 Å². The molecule has 0 aliphatic carbocycles. The average molecular weight is 301 g/mol. The first-order valence-electron chi connectivity index (χ1n) is 6.58. The predicted octanol–water partition coefficient (Wildman–Crippen LogP) is 0.746. The molecular weight excluding hydrogens is 282 g/mol. The number of rotatable bonds is 3. The largest absolute Gasteiger partial charge is 0.480 e. The second kappa shape index (κ2) is 5.53. The monoisotopic (exact) mass is 301 g/mol. The van der Waals surface area contributed by atoms with E-state index in [9.17, 15) is 18.3 Å². The molecule has 2 heterocycles. The summed E-state index contributed by atoms with van der Waals surface area (Å²) in [7, 11) is -2.15. The number of carboxylic acid groups (broad SMARTS) is 1. The minimum Gasteiger partial charge on any atom is -0.480 e. The van der Waals surface area contributed by atoms with Crippen LogP contribution in [0.3, 0.4) is 0 Å². The summed E-state index contributed by atoms with van der Waals surface area (Å²) < 4.78 is 27.9. The van der Waals surface area contributed by atoms with Gasteiger partial charge in [0.25, 0.3) is 10.0 Å². The number of imidazole rings is 1. The van der Waals surface area contributed by atoms with Crippen LogP contribution in [0.25, 0.3) is 0 Å². The Labute approximate surface area is 118 Å². The van der Waals surface area contributed by atoms with Crippen molar-refractivity contribution in [3.8, 4) is 0 Å². The Morgan fingerprint density at radius 1 is 1.40 bits per heavy atom. The van der Waals surface area contributed by atoms with E-state index in [4.69, 9.17) is 0 Å². The number of nitrogens with zero attached hydrogens (tertiary/aromatic N) is 3. The van der Waals surface area contributed by atoms with Gasteiger partial charge in [0, 0.05) is 19.8 Å².